The predicted octanol–water partition coefficient (Wildman–Crippen LogP) is 1.50. The summed E-state index contributed by atoms with van der Waals surface area (Å²) in [7, 11) is 6.66. The van der Waals surface area contributed by atoms with E-state index < -0.39 is 0 Å². The molecule has 1 aliphatic heterocycles. The Morgan fingerprint density at radius 1 is 1.24 bits per heavy atom. The minimum Gasteiger partial charge on any atom is -0.496 e. The highest BCUT2D eigenvalue weighted by Crippen LogP contribution is 2.38. The van der Waals surface area contributed by atoms with Crippen LogP contribution >= 0.6 is 0 Å². The number of fused-ring (bicyclic) bond motifs is 1. The van der Waals surface area contributed by atoms with Crippen molar-refractivity contribution in [3.8, 4) is 22.6 Å². The fourth-order valence-electron chi connectivity index (χ4n) is 4.13. The molecule has 3 heterocycles. The van der Waals surface area contributed by atoms with Gasteiger partial charge in [-0.25, -0.2) is 0 Å². The summed E-state index contributed by atoms with van der Waals surface area (Å²) in [6.07, 6.45) is 5.10. The molecule has 0 atom stereocenters. The van der Waals surface area contributed by atoms with Crippen LogP contribution in [0.15, 0.2) is 41.6 Å². The summed E-state index contributed by atoms with van der Waals surface area (Å²) in [6.45, 7) is 1.77. The second-order valence-corrected chi connectivity index (χ2v) is 7.85. The normalized spacial score (nSPS) is 13.4. The lowest BCUT2D eigenvalue weighted by Gasteiger charge is -2.38. The van der Waals surface area contributed by atoms with Crippen LogP contribution in [0.25, 0.3) is 21.9 Å². The molecule has 0 radical (unpaired) electrons. The molecule has 3 aromatic rings. The van der Waals surface area contributed by atoms with Crippen LogP contribution in [0.2, 0.25) is 0 Å². The zero-order valence-electron chi connectivity index (χ0n) is 19.6. The van der Waals surface area contributed by atoms with Gasteiger partial charge in [-0.2, -0.15) is 0 Å². The summed E-state index contributed by atoms with van der Waals surface area (Å²) in [6, 6.07) is 5.78. The van der Waals surface area contributed by atoms with E-state index in [-0.39, 0.29) is 23.9 Å². The number of carbonyl (C=O) groups excluding carboxylic acids is 1. The standard InChI is InChI=1S/C23H26N4O4.CH2O2/c1-24-22(28)15-10-27(11-15)13-19-20(30-3)7-14(8-21(19)31-4)18-12-26(2)23(29)17-9-25-6-5-16(17)18;2-1-3/h5-9,12,15H,10-11,13H2,1-4H3,(H,24,28);1H,(H,2,3). The van der Waals surface area contributed by atoms with Crippen LogP contribution in [0.1, 0.15) is 5.56 Å². The Hall–Kier alpha value is -3.92. The second kappa shape index (κ2) is 10.8. The highest BCUT2D eigenvalue weighted by molar-refractivity contribution is 5.95. The van der Waals surface area contributed by atoms with Crippen LogP contribution in [0.5, 0.6) is 11.5 Å². The van der Waals surface area contributed by atoms with E-state index in [9.17, 15) is 9.59 Å². The maximum absolute atomic E-state index is 12.5. The minimum absolute atomic E-state index is 0.0202. The Bertz CT molecular complexity index is 1220. The van der Waals surface area contributed by atoms with Crippen molar-refractivity contribution in [3.63, 3.8) is 0 Å². The lowest BCUT2D eigenvalue weighted by atomic mass is 9.96. The van der Waals surface area contributed by atoms with Crippen molar-refractivity contribution in [1.82, 2.24) is 19.8 Å². The topological polar surface area (TPSA) is 123 Å². The second-order valence-electron chi connectivity index (χ2n) is 7.85. The Labute approximate surface area is 196 Å². The van der Waals surface area contributed by atoms with Gasteiger partial charge in [-0.15, -0.1) is 0 Å². The summed E-state index contributed by atoms with van der Waals surface area (Å²) in [5, 5.41) is 11.0. The molecule has 0 bridgehead atoms. The molecule has 1 saturated heterocycles. The number of benzene rings is 1. The largest absolute Gasteiger partial charge is 0.496 e. The molecule has 34 heavy (non-hydrogen) atoms. The Morgan fingerprint density at radius 3 is 2.41 bits per heavy atom. The molecule has 2 N–H and O–H groups in total. The van der Waals surface area contributed by atoms with Crippen LogP contribution in [-0.2, 0) is 23.2 Å². The van der Waals surface area contributed by atoms with E-state index in [1.807, 2.05) is 24.4 Å². The average Bonchev–Trinajstić information content (AvgIpc) is 2.83. The summed E-state index contributed by atoms with van der Waals surface area (Å²) in [5.74, 6) is 1.50. The van der Waals surface area contributed by atoms with Gasteiger partial charge in [0.15, 0.2) is 0 Å². The molecule has 180 valence electrons. The van der Waals surface area contributed by atoms with Crippen LogP contribution in [0.4, 0.5) is 0 Å². The number of methoxy groups -OCH3 is 2. The van der Waals surface area contributed by atoms with Gasteiger partial charge in [0.25, 0.3) is 12.0 Å². The summed E-state index contributed by atoms with van der Waals surface area (Å²) in [4.78, 5) is 38.9. The van der Waals surface area contributed by atoms with Crippen molar-refractivity contribution < 1.29 is 24.2 Å². The van der Waals surface area contributed by atoms with Crippen molar-refractivity contribution >= 4 is 23.2 Å². The molecule has 0 saturated carbocycles. The number of carboxylic acid groups (broad SMARTS) is 1. The van der Waals surface area contributed by atoms with Gasteiger partial charge in [0.05, 0.1) is 31.1 Å². The zero-order valence-corrected chi connectivity index (χ0v) is 19.6. The first kappa shape index (κ1) is 24.7. The number of amides is 1. The van der Waals surface area contributed by atoms with Gasteiger partial charge in [-0.3, -0.25) is 24.3 Å². The number of rotatable bonds is 6. The quantitative estimate of drug-likeness (QED) is 0.522. The molecule has 0 aliphatic carbocycles. The minimum atomic E-state index is -0.250. The molecule has 1 amide bonds. The average molecular weight is 469 g/mol. The van der Waals surface area contributed by atoms with Crippen LogP contribution in [0.3, 0.4) is 0 Å². The fourth-order valence-corrected chi connectivity index (χ4v) is 4.13. The van der Waals surface area contributed by atoms with E-state index >= 15 is 0 Å². The monoisotopic (exact) mass is 468 g/mol. The lowest BCUT2D eigenvalue weighted by Crippen LogP contribution is -2.52. The number of pyridine rings is 2. The van der Waals surface area contributed by atoms with E-state index in [4.69, 9.17) is 19.4 Å². The number of ether oxygens (including phenoxy) is 2. The predicted molar refractivity (Wildman–Crippen MR) is 127 cm³/mol. The van der Waals surface area contributed by atoms with Gasteiger partial charge in [0.2, 0.25) is 5.91 Å². The van der Waals surface area contributed by atoms with E-state index in [0.717, 1.165) is 22.1 Å². The Morgan fingerprint density at radius 2 is 1.85 bits per heavy atom. The summed E-state index contributed by atoms with van der Waals surface area (Å²) < 4.78 is 13.0. The molecule has 2 aromatic heterocycles. The molecule has 4 rings (SSSR count). The van der Waals surface area contributed by atoms with Crippen LogP contribution in [-0.4, -0.2) is 66.3 Å². The molecular formula is C24H28N4O6. The number of carbonyl (C=O) groups is 2. The van der Waals surface area contributed by atoms with Gasteiger partial charge in [0, 0.05) is 57.9 Å². The van der Waals surface area contributed by atoms with Gasteiger partial charge >= 0.3 is 0 Å². The lowest BCUT2D eigenvalue weighted by molar-refractivity contribution is -0.130. The Balaban J connectivity index is 0.00000103. The summed E-state index contributed by atoms with van der Waals surface area (Å²) in [5.41, 5.74) is 2.62. The van der Waals surface area contributed by atoms with Crippen molar-refractivity contribution in [3.05, 3.63) is 52.7 Å². The zero-order chi connectivity index (χ0) is 24.8. The van der Waals surface area contributed by atoms with Crippen LogP contribution in [0, 0.1) is 5.92 Å². The van der Waals surface area contributed by atoms with Gasteiger partial charge < -0.3 is 24.5 Å². The van der Waals surface area contributed by atoms with Crippen molar-refractivity contribution in [1.29, 1.82) is 0 Å². The number of likely N-dealkylation sites (tertiary alicyclic amines) is 1. The van der Waals surface area contributed by atoms with Gasteiger partial charge in [-0.05, 0) is 29.1 Å². The van der Waals surface area contributed by atoms with Gasteiger partial charge in [0.1, 0.15) is 11.5 Å². The van der Waals surface area contributed by atoms with E-state index in [1.54, 1.807) is 45.3 Å². The first-order valence-corrected chi connectivity index (χ1v) is 10.6. The molecule has 0 spiro atoms. The summed E-state index contributed by atoms with van der Waals surface area (Å²) >= 11 is 0. The van der Waals surface area contributed by atoms with Crippen molar-refractivity contribution in [2.45, 2.75) is 6.54 Å². The van der Waals surface area contributed by atoms with Crippen LogP contribution < -0.4 is 20.3 Å². The first-order valence-electron chi connectivity index (χ1n) is 10.6. The highest BCUT2D eigenvalue weighted by atomic mass is 16.5. The third-order valence-corrected chi connectivity index (χ3v) is 5.86. The molecule has 1 aliphatic rings. The third kappa shape index (κ3) is 4.86. The SMILES string of the molecule is CNC(=O)C1CN(Cc2c(OC)cc(-c3cn(C)c(=O)c4cnccc34)cc2OC)C1.O=CO. The number of hydrogen-bond donors (Lipinski definition) is 2. The van der Waals surface area contributed by atoms with E-state index in [1.165, 1.54) is 0 Å². The van der Waals surface area contributed by atoms with Crippen molar-refractivity contribution in [2.24, 2.45) is 13.0 Å². The first-order chi connectivity index (χ1) is 16.4. The Kier molecular flexibility index (Phi) is 7.85. The van der Waals surface area contributed by atoms with E-state index in [0.29, 0.717) is 36.5 Å². The number of aromatic nitrogens is 2. The molecule has 0 unspecified atom stereocenters. The number of hydrogen-bond acceptors (Lipinski definition) is 7. The molecule has 1 aromatic carbocycles. The molecule has 10 heteroatoms. The number of aryl methyl sites for hydroxylation is 1. The third-order valence-electron chi connectivity index (χ3n) is 5.86. The maximum atomic E-state index is 12.5. The molecular weight excluding hydrogens is 440 g/mol. The molecule has 10 nitrogen and oxygen atoms in total. The number of nitrogens with zero attached hydrogens (tertiary/aromatic N) is 3. The smallest absolute Gasteiger partial charge is 0.290 e. The maximum Gasteiger partial charge on any atom is 0.290 e. The highest BCUT2D eigenvalue weighted by Gasteiger charge is 2.33. The van der Waals surface area contributed by atoms with Crippen molar-refractivity contribution in [2.75, 3.05) is 34.4 Å². The van der Waals surface area contributed by atoms with Gasteiger partial charge in [-0.1, -0.05) is 0 Å². The number of nitrogens with one attached hydrogen (secondary N) is 1. The molecule has 1 fully saturated rings. The van der Waals surface area contributed by atoms with E-state index in [2.05, 4.69) is 15.2 Å². The fraction of sp³-hybridized carbons (Fsp3) is 0.333.